The minimum atomic E-state index is -0.511. The molecule has 0 aliphatic carbocycles. The van der Waals surface area contributed by atoms with Crippen LogP contribution in [0.15, 0.2) is 53.6 Å². The van der Waals surface area contributed by atoms with Crippen LogP contribution in [-0.2, 0) is 17.9 Å². The predicted molar refractivity (Wildman–Crippen MR) is 126 cm³/mol. The first-order valence-corrected chi connectivity index (χ1v) is 11.5. The molecule has 0 bridgehead atoms. The van der Waals surface area contributed by atoms with Gasteiger partial charge < -0.3 is 4.90 Å². The van der Waals surface area contributed by atoms with Gasteiger partial charge in [-0.15, -0.1) is 0 Å². The molecule has 8 nitrogen and oxygen atoms in total. The number of rotatable bonds is 4. The lowest BCUT2D eigenvalue weighted by Crippen LogP contribution is -2.66. The summed E-state index contributed by atoms with van der Waals surface area (Å²) in [5.41, 5.74) is 2.80. The van der Waals surface area contributed by atoms with E-state index in [4.69, 9.17) is 28.3 Å². The Morgan fingerprint density at radius 2 is 1.55 bits per heavy atom. The van der Waals surface area contributed by atoms with Crippen LogP contribution < -0.4 is 5.32 Å². The molecular formula is C23H24Cl2N6O2. The molecular weight excluding hydrogens is 463 g/mol. The third-order valence-corrected chi connectivity index (χ3v) is 6.77. The number of urea groups is 1. The van der Waals surface area contributed by atoms with Crippen molar-refractivity contribution in [1.82, 2.24) is 25.0 Å². The molecule has 2 saturated heterocycles. The Morgan fingerprint density at radius 3 is 2.15 bits per heavy atom. The van der Waals surface area contributed by atoms with E-state index in [1.54, 1.807) is 24.1 Å². The van der Waals surface area contributed by atoms with Crippen LogP contribution in [-0.4, -0.2) is 69.4 Å². The maximum atomic E-state index is 13.6. The van der Waals surface area contributed by atoms with Crippen LogP contribution in [0.3, 0.4) is 0 Å². The first-order valence-electron chi connectivity index (χ1n) is 10.7. The van der Waals surface area contributed by atoms with Gasteiger partial charge in [-0.25, -0.2) is 9.69 Å². The average Bonchev–Trinajstić information content (AvgIpc) is 3.18. The molecule has 3 aliphatic rings. The molecule has 3 heterocycles. The number of hydrazone groups is 1. The van der Waals surface area contributed by atoms with Crippen molar-refractivity contribution in [2.75, 3.05) is 13.6 Å². The maximum Gasteiger partial charge on any atom is 0.328 e. The van der Waals surface area contributed by atoms with E-state index in [-0.39, 0.29) is 24.8 Å². The SMILES string of the molecule is CC1=NN(Cc2ccc(Cl)cc2)C2NC3C(C(=O)N(Cc4ccc(Cl)cc4)C(=O)N3C)N2C1. The summed E-state index contributed by atoms with van der Waals surface area (Å²) in [6.45, 7) is 3.23. The molecule has 2 aromatic rings. The van der Waals surface area contributed by atoms with Crippen LogP contribution in [0.25, 0.3) is 0 Å². The minimum Gasteiger partial charge on any atom is -0.310 e. The number of imide groups is 1. The van der Waals surface area contributed by atoms with Gasteiger partial charge in [-0.3, -0.25) is 20.0 Å². The van der Waals surface area contributed by atoms with Gasteiger partial charge in [-0.2, -0.15) is 5.10 Å². The number of hydrogen-bond acceptors (Lipinski definition) is 6. The van der Waals surface area contributed by atoms with Crippen LogP contribution in [0.2, 0.25) is 10.0 Å². The van der Waals surface area contributed by atoms with Gasteiger partial charge in [-0.1, -0.05) is 47.5 Å². The fraction of sp³-hybridized carbons (Fsp3) is 0.348. The number of fused-ring (bicyclic) bond motifs is 3. The highest BCUT2D eigenvalue weighted by atomic mass is 35.5. The number of nitrogens with zero attached hydrogens (tertiary/aromatic N) is 5. The summed E-state index contributed by atoms with van der Waals surface area (Å²) in [4.78, 5) is 31.7. The summed E-state index contributed by atoms with van der Waals surface area (Å²) in [5.74, 6) is -0.214. The van der Waals surface area contributed by atoms with Crippen molar-refractivity contribution in [3.8, 4) is 0 Å². The summed E-state index contributed by atoms with van der Waals surface area (Å²) in [5, 5.41) is 11.4. The van der Waals surface area contributed by atoms with Crippen LogP contribution in [0.4, 0.5) is 4.79 Å². The molecule has 1 N–H and O–H groups in total. The Kier molecular flexibility index (Phi) is 5.78. The summed E-state index contributed by atoms with van der Waals surface area (Å²) >= 11 is 12.0. The third kappa shape index (κ3) is 4.08. The zero-order valence-corrected chi connectivity index (χ0v) is 19.8. The molecule has 2 aromatic carbocycles. The summed E-state index contributed by atoms with van der Waals surface area (Å²) < 4.78 is 0. The van der Waals surface area contributed by atoms with Crippen LogP contribution in [0.1, 0.15) is 18.1 Å². The van der Waals surface area contributed by atoms with Gasteiger partial charge in [0.2, 0.25) is 0 Å². The van der Waals surface area contributed by atoms with Crippen molar-refractivity contribution in [2.24, 2.45) is 5.10 Å². The Balaban J connectivity index is 1.41. The molecule has 10 heteroatoms. The Bertz CT molecular complexity index is 1110. The average molecular weight is 487 g/mol. The molecule has 3 unspecified atom stereocenters. The third-order valence-electron chi connectivity index (χ3n) is 6.26. The van der Waals surface area contributed by atoms with E-state index in [9.17, 15) is 9.59 Å². The second kappa shape index (κ2) is 8.61. The van der Waals surface area contributed by atoms with Crippen molar-refractivity contribution in [2.45, 2.75) is 38.5 Å². The number of benzene rings is 2. The van der Waals surface area contributed by atoms with E-state index in [1.165, 1.54) is 4.90 Å². The van der Waals surface area contributed by atoms with E-state index in [0.29, 0.717) is 23.1 Å². The largest absolute Gasteiger partial charge is 0.328 e. The normalized spacial score (nSPS) is 25.3. The number of amides is 3. The van der Waals surface area contributed by atoms with Gasteiger partial charge in [0, 0.05) is 29.3 Å². The highest BCUT2D eigenvalue weighted by Gasteiger charge is 2.56. The zero-order chi connectivity index (χ0) is 23.3. The van der Waals surface area contributed by atoms with Crippen molar-refractivity contribution in [1.29, 1.82) is 0 Å². The summed E-state index contributed by atoms with van der Waals surface area (Å²) in [6, 6.07) is 14.0. The van der Waals surface area contributed by atoms with Crippen LogP contribution >= 0.6 is 23.2 Å². The number of carbonyl (C=O) groups excluding carboxylic acids is 2. The maximum absolute atomic E-state index is 13.6. The molecule has 5 rings (SSSR count). The van der Waals surface area contributed by atoms with Gasteiger partial charge in [0.1, 0.15) is 12.2 Å². The molecule has 0 spiro atoms. The Hall–Kier alpha value is -2.65. The fourth-order valence-corrected chi connectivity index (χ4v) is 4.92. The molecule has 3 atom stereocenters. The molecule has 2 fully saturated rings. The number of nitrogens with one attached hydrogen (secondary N) is 1. The van der Waals surface area contributed by atoms with Gasteiger partial charge >= 0.3 is 6.03 Å². The van der Waals surface area contributed by atoms with E-state index in [2.05, 4.69) is 10.2 Å². The van der Waals surface area contributed by atoms with Crippen molar-refractivity contribution in [3.63, 3.8) is 0 Å². The van der Waals surface area contributed by atoms with E-state index >= 15 is 0 Å². The highest BCUT2D eigenvalue weighted by molar-refractivity contribution is 6.30. The van der Waals surface area contributed by atoms with Gasteiger partial charge in [-0.05, 0) is 42.3 Å². The molecule has 0 saturated carbocycles. The zero-order valence-electron chi connectivity index (χ0n) is 18.3. The van der Waals surface area contributed by atoms with Crippen LogP contribution in [0, 0.1) is 0 Å². The first-order chi connectivity index (χ1) is 15.8. The molecule has 0 radical (unpaired) electrons. The number of halogens is 2. The molecule has 0 aromatic heterocycles. The predicted octanol–water partition coefficient (Wildman–Crippen LogP) is 3.16. The highest BCUT2D eigenvalue weighted by Crippen LogP contribution is 2.31. The Labute approximate surface area is 202 Å². The molecule has 172 valence electrons. The lowest BCUT2D eigenvalue weighted by molar-refractivity contribution is -0.139. The van der Waals surface area contributed by atoms with Crippen molar-refractivity contribution < 1.29 is 9.59 Å². The van der Waals surface area contributed by atoms with E-state index in [1.807, 2.05) is 48.3 Å². The topological polar surface area (TPSA) is 71.5 Å². The monoisotopic (exact) mass is 486 g/mol. The van der Waals surface area contributed by atoms with Crippen molar-refractivity contribution in [3.05, 3.63) is 69.7 Å². The second-order valence-electron chi connectivity index (χ2n) is 8.61. The molecule has 33 heavy (non-hydrogen) atoms. The van der Waals surface area contributed by atoms with Gasteiger partial charge in [0.15, 0.2) is 6.29 Å². The number of hydrogen-bond donors (Lipinski definition) is 1. The Morgan fingerprint density at radius 1 is 0.970 bits per heavy atom. The lowest BCUT2D eigenvalue weighted by Gasteiger charge is -2.42. The molecule has 3 amide bonds. The fourth-order valence-electron chi connectivity index (χ4n) is 4.67. The molecule has 3 aliphatic heterocycles. The van der Waals surface area contributed by atoms with Gasteiger partial charge in [0.05, 0.1) is 13.1 Å². The lowest BCUT2D eigenvalue weighted by atomic mass is 10.1. The van der Waals surface area contributed by atoms with E-state index in [0.717, 1.165) is 16.8 Å². The second-order valence-corrected chi connectivity index (χ2v) is 9.48. The quantitative estimate of drug-likeness (QED) is 0.718. The minimum absolute atomic E-state index is 0.197. The number of likely N-dealkylation sites (N-methyl/N-ethyl adjacent to an activating group) is 1. The van der Waals surface area contributed by atoms with Crippen molar-refractivity contribution >= 4 is 40.9 Å². The first kappa shape index (κ1) is 22.2. The number of carbonyl (C=O) groups is 2. The standard InChI is InChI=1S/C23H24Cl2N6O2/c1-14-11-29-19-20(26-22(29)31(27-14)13-16-5-9-18(25)10-6-16)28(2)23(33)30(21(19)32)12-15-3-7-17(24)8-4-15/h3-10,19-20,22,26H,11-13H2,1-2H3. The van der Waals surface area contributed by atoms with Gasteiger partial charge in [0.25, 0.3) is 5.91 Å². The van der Waals surface area contributed by atoms with E-state index < -0.39 is 12.2 Å². The smallest absolute Gasteiger partial charge is 0.310 e. The summed E-state index contributed by atoms with van der Waals surface area (Å²) in [6.07, 6.45) is -0.751. The summed E-state index contributed by atoms with van der Waals surface area (Å²) in [7, 11) is 1.73. The van der Waals surface area contributed by atoms with Crippen LogP contribution in [0.5, 0.6) is 0 Å².